The van der Waals surface area contributed by atoms with Crippen LogP contribution in [0.25, 0.3) is 0 Å². The summed E-state index contributed by atoms with van der Waals surface area (Å²) in [5.41, 5.74) is -1.11. The molecule has 2 aromatic carbocycles. The van der Waals surface area contributed by atoms with Crippen LogP contribution < -0.4 is 0 Å². The van der Waals surface area contributed by atoms with Crippen molar-refractivity contribution in [3.05, 3.63) is 69.7 Å². The number of halogens is 3. The van der Waals surface area contributed by atoms with Gasteiger partial charge in [0.15, 0.2) is 17.6 Å². The Morgan fingerprint density at radius 3 is 1.41 bits per heavy atom. The number of carbonyl (C=O) groups excluding carboxylic acids is 7. The summed E-state index contributed by atoms with van der Waals surface area (Å²) in [5, 5.41) is 9.00. The molecule has 2 aliphatic carbocycles. The zero-order valence-electron chi connectivity index (χ0n) is 34.0. The van der Waals surface area contributed by atoms with Gasteiger partial charge in [-0.05, 0) is 50.7 Å². The van der Waals surface area contributed by atoms with Crippen molar-refractivity contribution in [1.29, 1.82) is 0 Å². The molecule has 0 unspecified atom stereocenters. The van der Waals surface area contributed by atoms with Crippen LogP contribution in [0.3, 0.4) is 0 Å². The lowest BCUT2D eigenvalue weighted by molar-refractivity contribution is -0.156. The maximum absolute atomic E-state index is 13.0. The number of esters is 1. The molecule has 1 N–H and O–H groups in total. The van der Waals surface area contributed by atoms with E-state index in [-0.39, 0.29) is 42.5 Å². The number of hydrogen-bond acceptors (Lipinski definition) is 11. The van der Waals surface area contributed by atoms with Crippen molar-refractivity contribution < 1.29 is 57.7 Å². The molecule has 2 fully saturated rings. The van der Waals surface area contributed by atoms with Gasteiger partial charge in [0.25, 0.3) is 0 Å². The van der Waals surface area contributed by atoms with E-state index in [0.29, 0.717) is 46.9 Å². The first-order chi connectivity index (χ1) is 27.8. The highest BCUT2D eigenvalue weighted by molar-refractivity contribution is 6.32. The van der Waals surface area contributed by atoms with Crippen molar-refractivity contribution in [3.8, 4) is 0 Å². The molecule has 4 rings (SSSR count). The number of alkyl halides is 1. The zero-order valence-corrected chi connectivity index (χ0v) is 36.2. The molecule has 0 aromatic heterocycles. The average Bonchev–Trinajstić information content (AvgIpc) is 3.18. The van der Waals surface area contributed by atoms with Crippen LogP contribution in [0.4, 0.5) is 9.59 Å². The second-order valence-electron chi connectivity index (χ2n) is 13.8. The molecule has 0 spiro atoms. The quantitative estimate of drug-likeness (QED) is 0.152. The van der Waals surface area contributed by atoms with E-state index < -0.39 is 42.0 Å². The number of ether oxygens (including phenoxy) is 3. The molecular formula is C40H51Cl3N4O12. The number of likely N-dealkylation sites (N-methyl/N-ethyl adjacent to an activating group) is 4. The fourth-order valence-electron chi connectivity index (χ4n) is 6.62. The largest absolute Gasteiger partial charge is 0.480 e. The number of rotatable bonds is 11. The first-order valence-electron chi connectivity index (χ1n) is 18.5. The van der Waals surface area contributed by atoms with E-state index in [0.717, 1.165) is 30.6 Å². The fraction of sp³-hybridized carbons (Fsp3) is 0.500. The SMILES string of the molecule is CC(=O)N(C)CC(=O)O.CC(=O)N(C)CC(=O)OCOC(=O)N(C)[C@]1(c2ccccc2Cl)CCCCC1=O.CN(C(=O)OCCl)[C@]1(c2ccccc2Cl)CCCCC1=O. The van der Waals surface area contributed by atoms with Crippen molar-refractivity contribution in [2.24, 2.45) is 0 Å². The van der Waals surface area contributed by atoms with Gasteiger partial charge in [0, 0.05) is 76.1 Å². The summed E-state index contributed by atoms with van der Waals surface area (Å²) in [6.45, 7) is 1.53. The van der Waals surface area contributed by atoms with E-state index in [1.165, 1.54) is 49.7 Å². The number of amides is 4. The molecule has 0 saturated heterocycles. The topological polar surface area (TPSA) is 197 Å². The Balaban J connectivity index is 0.000000348. The Morgan fingerprint density at radius 2 is 1.05 bits per heavy atom. The molecule has 2 atom stereocenters. The highest BCUT2D eigenvalue weighted by Crippen LogP contribution is 2.43. The molecule has 2 aromatic rings. The van der Waals surface area contributed by atoms with Crippen LogP contribution in [0, 0.1) is 0 Å². The molecule has 59 heavy (non-hydrogen) atoms. The predicted molar refractivity (Wildman–Crippen MR) is 218 cm³/mol. The van der Waals surface area contributed by atoms with Crippen molar-refractivity contribution in [1.82, 2.24) is 19.6 Å². The van der Waals surface area contributed by atoms with Crippen molar-refractivity contribution in [3.63, 3.8) is 0 Å². The molecule has 324 valence electrons. The highest BCUT2D eigenvalue weighted by atomic mass is 35.5. The molecule has 19 heteroatoms. The molecule has 2 aliphatic rings. The van der Waals surface area contributed by atoms with Gasteiger partial charge in [0.05, 0.1) is 0 Å². The van der Waals surface area contributed by atoms with Crippen molar-refractivity contribution in [2.45, 2.75) is 76.3 Å². The van der Waals surface area contributed by atoms with Crippen molar-refractivity contribution in [2.75, 3.05) is 54.1 Å². The van der Waals surface area contributed by atoms with Gasteiger partial charge in [-0.25, -0.2) is 9.59 Å². The van der Waals surface area contributed by atoms with Crippen LogP contribution in [0.15, 0.2) is 48.5 Å². The molecule has 0 heterocycles. The Hall–Kier alpha value is -4.93. The Labute approximate surface area is 358 Å². The lowest BCUT2D eigenvalue weighted by atomic mass is 9.74. The van der Waals surface area contributed by atoms with Crippen LogP contribution in [-0.4, -0.2) is 126 Å². The van der Waals surface area contributed by atoms with Gasteiger partial charge >= 0.3 is 24.1 Å². The minimum absolute atomic E-state index is 0.0177. The number of carbonyl (C=O) groups is 8. The lowest BCUT2D eigenvalue weighted by Gasteiger charge is -2.43. The summed E-state index contributed by atoms with van der Waals surface area (Å²) >= 11 is 18.1. The second-order valence-corrected chi connectivity index (χ2v) is 14.8. The number of ketones is 2. The van der Waals surface area contributed by atoms with E-state index in [1.807, 2.05) is 6.07 Å². The average molecular weight is 886 g/mol. The van der Waals surface area contributed by atoms with Crippen molar-refractivity contribution >= 4 is 82.3 Å². The van der Waals surface area contributed by atoms with Gasteiger partial charge in [0.2, 0.25) is 18.6 Å². The molecule has 16 nitrogen and oxygen atoms in total. The smallest absolute Gasteiger partial charge is 0.413 e. The number of carboxylic acids is 1. The van der Waals surface area contributed by atoms with Crippen LogP contribution in [0.2, 0.25) is 10.0 Å². The summed E-state index contributed by atoms with van der Waals surface area (Å²) in [4.78, 5) is 98.3. The van der Waals surface area contributed by atoms with Gasteiger partial charge in [-0.3, -0.25) is 38.6 Å². The third kappa shape index (κ3) is 13.3. The van der Waals surface area contributed by atoms with Crippen LogP contribution in [-0.2, 0) is 54.1 Å². The number of hydrogen-bond donors (Lipinski definition) is 1. The highest BCUT2D eigenvalue weighted by Gasteiger charge is 2.50. The monoisotopic (exact) mass is 884 g/mol. The van der Waals surface area contributed by atoms with Gasteiger partial charge in [-0.1, -0.05) is 71.2 Å². The molecule has 0 aliphatic heterocycles. The maximum Gasteiger partial charge on any atom is 0.413 e. The van der Waals surface area contributed by atoms with Gasteiger partial charge < -0.3 is 29.1 Å². The standard InChI is InChI=1S/C20H25ClN2O6.C15H17Cl2NO3.C5H9NO3/c1-14(24)22(2)12-18(26)28-13-29-19(27)23(3)20(11-7-6-10-17(20)25)15-8-4-5-9-16(15)21;1-18(14(20)21-10-16)15(9-5-4-8-13(15)19)11-6-2-3-7-12(11)17;1-4(7)6(2)3-5(8)9/h4-5,8-9H,6-7,10-13H2,1-3H3;2-3,6-7H,4-5,8-10H2,1H3;3H2,1-2H3,(H,8,9)/t20-;15-;/m00./s1. The maximum atomic E-state index is 13.0. The number of aliphatic carboxylic acids is 1. The van der Waals surface area contributed by atoms with Gasteiger partial charge in [-0.2, -0.15) is 0 Å². The number of Topliss-reactive ketones (excluding diaryl/α,β-unsaturated/α-hetero) is 2. The molecule has 0 bridgehead atoms. The predicted octanol–water partition coefficient (Wildman–Crippen LogP) is 6.22. The molecule has 0 radical (unpaired) electrons. The van der Waals surface area contributed by atoms with Crippen LogP contribution >= 0.6 is 34.8 Å². The van der Waals surface area contributed by atoms with E-state index in [1.54, 1.807) is 49.5 Å². The van der Waals surface area contributed by atoms with Gasteiger partial charge in [-0.15, -0.1) is 0 Å². The summed E-state index contributed by atoms with van der Waals surface area (Å²) in [7, 11) is 5.92. The van der Waals surface area contributed by atoms with Crippen LogP contribution in [0.1, 0.15) is 76.3 Å². The third-order valence-corrected chi connectivity index (χ3v) is 10.8. The number of nitrogens with zero attached hydrogens (tertiary/aromatic N) is 4. The molecule has 4 amide bonds. The first-order valence-corrected chi connectivity index (χ1v) is 19.8. The number of carboxylic acid groups (broad SMARTS) is 1. The second kappa shape index (κ2) is 23.6. The van der Waals surface area contributed by atoms with Crippen LogP contribution in [0.5, 0.6) is 0 Å². The minimum Gasteiger partial charge on any atom is -0.480 e. The minimum atomic E-state index is -1.23. The lowest BCUT2D eigenvalue weighted by Crippen LogP contribution is -2.54. The van der Waals surface area contributed by atoms with Gasteiger partial charge in [0.1, 0.15) is 24.2 Å². The Morgan fingerprint density at radius 1 is 0.644 bits per heavy atom. The summed E-state index contributed by atoms with van der Waals surface area (Å²) in [6.07, 6.45) is 3.43. The van der Waals surface area contributed by atoms with E-state index >= 15 is 0 Å². The zero-order chi connectivity index (χ0) is 44.5. The van der Waals surface area contributed by atoms with E-state index in [2.05, 4.69) is 0 Å². The number of benzene rings is 2. The summed E-state index contributed by atoms with van der Waals surface area (Å²) in [6, 6.07) is 13.8. The summed E-state index contributed by atoms with van der Waals surface area (Å²) < 4.78 is 14.7. The third-order valence-electron chi connectivity index (χ3n) is 10.0. The summed E-state index contributed by atoms with van der Waals surface area (Å²) in [5.74, 6) is -2.37. The molecular weight excluding hydrogens is 835 g/mol. The Bertz CT molecular complexity index is 1850. The van der Waals surface area contributed by atoms with E-state index in [4.69, 9.17) is 54.1 Å². The van der Waals surface area contributed by atoms with E-state index in [9.17, 15) is 38.4 Å². The molecule has 2 saturated carbocycles. The Kier molecular flexibility index (Phi) is 20.1. The first kappa shape index (κ1) is 50.2. The fourth-order valence-corrected chi connectivity index (χ4v) is 7.30. The normalized spacial score (nSPS) is 18.3.